The zero-order valence-electron chi connectivity index (χ0n) is 12.4. The lowest BCUT2D eigenvalue weighted by atomic mass is 10.0. The van der Waals surface area contributed by atoms with Crippen LogP contribution in [0.15, 0.2) is 36.4 Å². The summed E-state index contributed by atoms with van der Waals surface area (Å²) in [5.74, 6) is 0. The van der Waals surface area contributed by atoms with E-state index in [9.17, 15) is 4.79 Å². The molecule has 4 nitrogen and oxygen atoms in total. The molecule has 2 heterocycles. The number of carbonyl (C=O) groups excluding carboxylic acids is 1. The first-order valence-corrected chi connectivity index (χ1v) is 7.81. The summed E-state index contributed by atoms with van der Waals surface area (Å²) in [7, 11) is 0. The summed E-state index contributed by atoms with van der Waals surface area (Å²) in [6, 6.07) is 11.0. The largest absolute Gasteiger partial charge is 0.336 e. The molecule has 4 heteroatoms. The van der Waals surface area contributed by atoms with Gasteiger partial charge in [0.15, 0.2) is 0 Å². The van der Waals surface area contributed by atoms with Crippen LogP contribution in [0.1, 0.15) is 18.4 Å². The summed E-state index contributed by atoms with van der Waals surface area (Å²) in [5.41, 5.74) is 1.25. The van der Waals surface area contributed by atoms with E-state index < -0.39 is 0 Å². The molecule has 0 aliphatic carbocycles. The van der Waals surface area contributed by atoms with Gasteiger partial charge in [0.1, 0.15) is 0 Å². The average molecular weight is 285 g/mol. The summed E-state index contributed by atoms with van der Waals surface area (Å²) in [5, 5.41) is 2.89. The van der Waals surface area contributed by atoms with Gasteiger partial charge < -0.3 is 10.2 Å². The van der Waals surface area contributed by atoms with Crippen molar-refractivity contribution >= 4 is 12.1 Å². The van der Waals surface area contributed by atoms with Gasteiger partial charge in [0.05, 0.1) is 0 Å². The predicted molar refractivity (Wildman–Crippen MR) is 85.0 cm³/mol. The first-order valence-electron chi connectivity index (χ1n) is 7.81. The van der Waals surface area contributed by atoms with Crippen LogP contribution in [-0.2, 0) is 0 Å². The second-order valence-electron chi connectivity index (χ2n) is 5.77. The van der Waals surface area contributed by atoms with Gasteiger partial charge in [-0.2, -0.15) is 0 Å². The molecular weight excluding hydrogens is 262 g/mol. The summed E-state index contributed by atoms with van der Waals surface area (Å²) < 4.78 is 0. The van der Waals surface area contributed by atoms with Crippen LogP contribution in [0.25, 0.3) is 6.08 Å². The van der Waals surface area contributed by atoms with Crippen molar-refractivity contribution in [2.24, 2.45) is 0 Å². The van der Waals surface area contributed by atoms with Crippen LogP contribution in [0.5, 0.6) is 0 Å². The maximum Gasteiger partial charge on any atom is 0.317 e. The van der Waals surface area contributed by atoms with Crippen molar-refractivity contribution in [1.82, 2.24) is 15.1 Å². The van der Waals surface area contributed by atoms with E-state index in [1.54, 1.807) is 0 Å². The third kappa shape index (κ3) is 3.64. The number of urea groups is 1. The van der Waals surface area contributed by atoms with Crippen LogP contribution in [-0.4, -0.2) is 54.6 Å². The summed E-state index contributed by atoms with van der Waals surface area (Å²) in [4.78, 5) is 16.1. The second-order valence-corrected chi connectivity index (χ2v) is 5.77. The van der Waals surface area contributed by atoms with E-state index in [1.165, 1.54) is 5.56 Å². The van der Waals surface area contributed by atoms with E-state index in [4.69, 9.17) is 0 Å². The lowest BCUT2D eigenvalue weighted by Crippen LogP contribution is -2.46. The molecule has 2 aliphatic heterocycles. The SMILES string of the molecule is O=C1NCCN1C1CCN(C/C=C/c2ccccc2)CC1. The van der Waals surface area contributed by atoms with Crippen LogP contribution in [0.4, 0.5) is 4.79 Å². The fourth-order valence-corrected chi connectivity index (χ4v) is 3.15. The Morgan fingerprint density at radius 1 is 1.14 bits per heavy atom. The number of carbonyl (C=O) groups is 1. The molecule has 0 aromatic heterocycles. The van der Waals surface area contributed by atoms with E-state index in [0.717, 1.165) is 45.6 Å². The first-order chi connectivity index (χ1) is 10.3. The summed E-state index contributed by atoms with van der Waals surface area (Å²) in [6.07, 6.45) is 6.59. The topological polar surface area (TPSA) is 35.6 Å². The minimum Gasteiger partial charge on any atom is -0.336 e. The van der Waals surface area contributed by atoms with E-state index in [-0.39, 0.29) is 6.03 Å². The highest BCUT2D eigenvalue weighted by Gasteiger charge is 2.30. The fraction of sp³-hybridized carbons (Fsp3) is 0.471. The number of rotatable bonds is 4. The molecule has 0 bridgehead atoms. The molecule has 0 unspecified atom stereocenters. The van der Waals surface area contributed by atoms with Gasteiger partial charge in [0, 0.05) is 38.8 Å². The molecule has 21 heavy (non-hydrogen) atoms. The highest BCUT2D eigenvalue weighted by atomic mass is 16.2. The van der Waals surface area contributed by atoms with Gasteiger partial charge in [-0.15, -0.1) is 0 Å². The van der Waals surface area contributed by atoms with E-state index in [0.29, 0.717) is 6.04 Å². The Morgan fingerprint density at radius 3 is 2.57 bits per heavy atom. The van der Waals surface area contributed by atoms with Crippen LogP contribution >= 0.6 is 0 Å². The van der Waals surface area contributed by atoms with Gasteiger partial charge >= 0.3 is 6.03 Å². The van der Waals surface area contributed by atoms with Crippen molar-refractivity contribution < 1.29 is 4.79 Å². The van der Waals surface area contributed by atoms with Gasteiger partial charge in [-0.05, 0) is 18.4 Å². The number of piperidine rings is 1. The van der Waals surface area contributed by atoms with Gasteiger partial charge in [0.25, 0.3) is 0 Å². The number of hydrogen-bond donors (Lipinski definition) is 1. The first kappa shape index (κ1) is 14.1. The summed E-state index contributed by atoms with van der Waals surface area (Å²) in [6.45, 7) is 4.82. The zero-order valence-corrected chi connectivity index (χ0v) is 12.4. The number of likely N-dealkylation sites (tertiary alicyclic amines) is 1. The Hall–Kier alpha value is -1.81. The van der Waals surface area contributed by atoms with E-state index in [2.05, 4.69) is 46.6 Å². The molecule has 0 spiro atoms. The average Bonchev–Trinajstić information content (AvgIpc) is 2.95. The van der Waals surface area contributed by atoms with Crippen LogP contribution in [0, 0.1) is 0 Å². The molecule has 1 aromatic rings. The van der Waals surface area contributed by atoms with Gasteiger partial charge in [0.2, 0.25) is 0 Å². The molecule has 1 aromatic carbocycles. The smallest absolute Gasteiger partial charge is 0.317 e. The molecule has 0 atom stereocenters. The zero-order chi connectivity index (χ0) is 14.5. The van der Waals surface area contributed by atoms with Crippen molar-refractivity contribution in [3.63, 3.8) is 0 Å². The van der Waals surface area contributed by atoms with Crippen molar-refractivity contribution in [3.05, 3.63) is 42.0 Å². The standard InChI is InChI=1S/C17H23N3O/c21-17-18-10-14-20(17)16-8-12-19(13-9-16)11-4-7-15-5-2-1-3-6-15/h1-7,16H,8-14H2,(H,18,21)/b7-4+. The normalized spacial score (nSPS) is 21.1. The minimum atomic E-state index is 0.123. The van der Waals surface area contributed by atoms with Crippen molar-refractivity contribution in [2.45, 2.75) is 18.9 Å². The van der Waals surface area contributed by atoms with E-state index >= 15 is 0 Å². The van der Waals surface area contributed by atoms with Crippen molar-refractivity contribution in [2.75, 3.05) is 32.7 Å². The highest BCUT2D eigenvalue weighted by Crippen LogP contribution is 2.18. The molecule has 2 amide bonds. The maximum absolute atomic E-state index is 11.7. The third-order valence-corrected chi connectivity index (χ3v) is 4.36. The molecule has 3 rings (SSSR count). The highest BCUT2D eigenvalue weighted by molar-refractivity contribution is 5.76. The summed E-state index contributed by atoms with van der Waals surface area (Å²) >= 11 is 0. The molecule has 1 N–H and O–H groups in total. The quantitative estimate of drug-likeness (QED) is 0.920. The van der Waals surface area contributed by atoms with Crippen LogP contribution in [0.2, 0.25) is 0 Å². The van der Waals surface area contributed by atoms with Crippen LogP contribution < -0.4 is 5.32 Å². The Morgan fingerprint density at radius 2 is 1.90 bits per heavy atom. The number of nitrogens with zero attached hydrogens (tertiary/aromatic N) is 2. The Balaban J connectivity index is 1.44. The second kappa shape index (κ2) is 6.76. The molecule has 0 saturated carbocycles. The minimum absolute atomic E-state index is 0.123. The number of nitrogens with one attached hydrogen (secondary N) is 1. The number of benzene rings is 1. The van der Waals surface area contributed by atoms with Gasteiger partial charge in [-0.3, -0.25) is 4.90 Å². The lowest BCUT2D eigenvalue weighted by Gasteiger charge is -2.35. The van der Waals surface area contributed by atoms with Gasteiger partial charge in [-0.25, -0.2) is 4.79 Å². The Kier molecular flexibility index (Phi) is 4.55. The predicted octanol–water partition coefficient (Wildman–Crippen LogP) is 2.19. The van der Waals surface area contributed by atoms with E-state index in [1.807, 2.05) is 11.0 Å². The monoisotopic (exact) mass is 285 g/mol. The fourth-order valence-electron chi connectivity index (χ4n) is 3.15. The van der Waals surface area contributed by atoms with Gasteiger partial charge in [-0.1, -0.05) is 42.5 Å². The molecule has 112 valence electrons. The van der Waals surface area contributed by atoms with Crippen LogP contribution in [0.3, 0.4) is 0 Å². The van der Waals surface area contributed by atoms with Crippen molar-refractivity contribution in [1.29, 1.82) is 0 Å². The number of amides is 2. The Bertz CT molecular complexity index is 492. The molecule has 2 fully saturated rings. The number of hydrogen-bond acceptors (Lipinski definition) is 2. The molecule has 0 radical (unpaired) electrons. The lowest BCUT2D eigenvalue weighted by molar-refractivity contribution is 0.143. The molecule has 2 aliphatic rings. The Labute approximate surface area is 126 Å². The third-order valence-electron chi connectivity index (χ3n) is 4.36. The molecular formula is C17H23N3O. The molecule has 2 saturated heterocycles. The maximum atomic E-state index is 11.7. The van der Waals surface area contributed by atoms with Crippen molar-refractivity contribution in [3.8, 4) is 0 Å².